The van der Waals surface area contributed by atoms with E-state index in [2.05, 4.69) is 56.2 Å². The van der Waals surface area contributed by atoms with E-state index < -0.39 is 0 Å². The summed E-state index contributed by atoms with van der Waals surface area (Å²) in [6.45, 7) is 6.22. The normalized spacial score (nSPS) is 11.7. The fraction of sp³-hybridized carbons (Fsp3) is 0.321. The zero-order valence-corrected chi connectivity index (χ0v) is 21.7. The first-order chi connectivity index (χ1) is 16.7. The van der Waals surface area contributed by atoms with E-state index in [-0.39, 0.29) is 0 Å². The minimum absolute atomic E-state index is 0.307. The molecule has 35 heavy (non-hydrogen) atoms. The molecule has 0 heterocycles. The number of nitrogens with zero attached hydrogens (tertiary/aromatic N) is 3. The van der Waals surface area contributed by atoms with Crippen LogP contribution in [0.1, 0.15) is 30.9 Å². The fourth-order valence-electron chi connectivity index (χ4n) is 3.84. The van der Waals surface area contributed by atoms with Crippen LogP contribution in [0.5, 0.6) is 5.75 Å². The van der Waals surface area contributed by atoms with Gasteiger partial charge in [0.25, 0.3) is 0 Å². The van der Waals surface area contributed by atoms with E-state index in [9.17, 15) is 0 Å². The van der Waals surface area contributed by atoms with Crippen LogP contribution < -0.4 is 26.4 Å². The van der Waals surface area contributed by atoms with Gasteiger partial charge in [-0.3, -0.25) is 0 Å². The maximum Gasteiger partial charge on any atom is 0.146 e. The van der Waals surface area contributed by atoms with Crippen LogP contribution in [0.4, 0.5) is 28.4 Å². The first kappa shape index (κ1) is 25.9. The lowest BCUT2D eigenvalue weighted by Crippen LogP contribution is -2.29. The highest BCUT2D eigenvalue weighted by molar-refractivity contribution is 6.04. The van der Waals surface area contributed by atoms with Crippen LogP contribution in [0.25, 0.3) is 0 Å². The topological polar surface area (TPSA) is 92.1 Å². The molecular weight excluding hydrogens is 436 g/mol. The van der Waals surface area contributed by atoms with Crippen LogP contribution in [-0.2, 0) is 0 Å². The number of methoxy groups -OCH3 is 1. The molecule has 5 N–H and O–H groups in total. The summed E-state index contributed by atoms with van der Waals surface area (Å²) in [6, 6.07) is 19.8. The Balaban J connectivity index is 1.93. The molecule has 0 aromatic heterocycles. The molecule has 0 bridgehead atoms. The third kappa shape index (κ3) is 6.67. The Bertz CT molecular complexity index is 1160. The molecular formula is C28H38N6O. The molecule has 0 aliphatic heterocycles. The third-order valence-electron chi connectivity index (χ3n) is 5.87. The molecule has 0 aliphatic rings. The van der Waals surface area contributed by atoms with Gasteiger partial charge in [0, 0.05) is 54.5 Å². The van der Waals surface area contributed by atoms with E-state index in [0.29, 0.717) is 34.4 Å². The smallest absolute Gasteiger partial charge is 0.146 e. The fourth-order valence-corrected chi connectivity index (χ4v) is 3.84. The lowest BCUT2D eigenvalue weighted by molar-refractivity contribution is 0.413. The molecule has 0 atom stereocenters. The number of anilines is 4. The predicted octanol–water partition coefficient (Wildman–Crippen LogP) is 5.18. The second-order valence-electron chi connectivity index (χ2n) is 9.25. The summed E-state index contributed by atoms with van der Waals surface area (Å²) in [7, 11) is 7.91. The number of hydrogen-bond acceptors (Lipinski definition) is 6. The number of para-hydroxylation sites is 1. The van der Waals surface area contributed by atoms with Crippen molar-refractivity contribution in [3.05, 3.63) is 71.8 Å². The SMILES string of the molecule is COc1cc(N(C)CCN(C)C)c(C(C)C)cc1N=C(N)c1ccc(Nc2ccccc2)cc1N. The number of nitrogens with one attached hydrogen (secondary N) is 1. The van der Waals surface area contributed by atoms with Gasteiger partial charge in [-0.05, 0) is 62.0 Å². The molecule has 0 radical (unpaired) electrons. The van der Waals surface area contributed by atoms with Gasteiger partial charge in [-0.1, -0.05) is 32.0 Å². The van der Waals surface area contributed by atoms with Crippen molar-refractivity contribution in [1.29, 1.82) is 0 Å². The summed E-state index contributed by atoms with van der Waals surface area (Å²) in [4.78, 5) is 9.16. The van der Waals surface area contributed by atoms with Crippen molar-refractivity contribution in [3.63, 3.8) is 0 Å². The molecule has 0 saturated heterocycles. The summed E-state index contributed by atoms with van der Waals surface area (Å²) in [6.07, 6.45) is 0. The largest absolute Gasteiger partial charge is 0.494 e. The van der Waals surface area contributed by atoms with Crippen LogP contribution in [0.3, 0.4) is 0 Å². The molecule has 0 amide bonds. The molecule has 0 spiro atoms. The summed E-state index contributed by atoms with van der Waals surface area (Å²) in [5, 5.41) is 3.34. The Morgan fingerprint density at radius 3 is 2.29 bits per heavy atom. The molecule has 0 saturated carbocycles. The minimum Gasteiger partial charge on any atom is -0.494 e. The number of hydrogen-bond donors (Lipinski definition) is 3. The summed E-state index contributed by atoms with van der Waals surface area (Å²) in [5.41, 5.74) is 18.9. The Morgan fingerprint density at radius 1 is 0.971 bits per heavy atom. The highest BCUT2D eigenvalue weighted by Gasteiger charge is 2.17. The Kier molecular flexibility index (Phi) is 8.60. The lowest BCUT2D eigenvalue weighted by Gasteiger charge is -2.26. The second kappa shape index (κ2) is 11.6. The Morgan fingerprint density at radius 2 is 1.69 bits per heavy atom. The monoisotopic (exact) mass is 474 g/mol. The third-order valence-corrected chi connectivity index (χ3v) is 5.87. The molecule has 0 unspecified atom stereocenters. The lowest BCUT2D eigenvalue weighted by atomic mass is 9.99. The zero-order valence-electron chi connectivity index (χ0n) is 21.7. The molecule has 0 fully saturated rings. The van der Waals surface area contributed by atoms with Crippen molar-refractivity contribution in [2.75, 3.05) is 57.3 Å². The molecule has 186 valence electrons. The maximum absolute atomic E-state index is 6.44. The Hall–Kier alpha value is -3.71. The highest BCUT2D eigenvalue weighted by atomic mass is 16.5. The summed E-state index contributed by atoms with van der Waals surface area (Å²) < 4.78 is 5.71. The van der Waals surface area contributed by atoms with Crippen LogP contribution in [0, 0.1) is 0 Å². The van der Waals surface area contributed by atoms with Crippen molar-refractivity contribution in [3.8, 4) is 5.75 Å². The van der Waals surface area contributed by atoms with Gasteiger partial charge in [-0.25, -0.2) is 4.99 Å². The van der Waals surface area contributed by atoms with E-state index in [1.54, 1.807) is 7.11 Å². The summed E-state index contributed by atoms with van der Waals surface area (Å²) >= 11 is 0. The van der Waals surface area contributed by atoms with E-state index >= 15 is 0 Å². The van der Waals surface area contributed by atoms with E-state index in [4.69, 9.17) is 21.2 Å². The average Bonchev–Trinajstić information content (AvgIpc) is 2.82. The second-order valence-corrected chi connectivity index (χ2v) is 9.25. The highest BCUT2D eigenvalue weighted by Crippen LogP contribution is 2.39. The van der Waals surface area contributed by atoms with Gasteiger partial charge in [0.1, 0.15) is 17.3 Å². The van der Waals surface area contributed by atoms with Crippen molar-refractivity contribution >= 4 is 34.3 Å². The molecule has 3 rings (SSSR count). The van der Waals surface area contributed by atoms with E-state index in [1.807, 2.05) is 54.6 Å². The van der Waals surface area contributed by atoms with Crippen molar-refractivity contribution in [2.45, 2.75) is 19.8 Å². The van der Waals surface area contributed by atoms with Crippen LogP contribution in [0.2, 0.25) is 0 Å². The zero-order chi connectivity index (χ0) is 25.5. The van der Waals surface area contributed by atoms with E-state index in [1.165, 1.54) is 5.56 Å². The molecule has 7 heteroatoms. The molecule has 3 aromatic carbocycles. The quantitative estimate of drug-likeness (QED) is 0.213. The van der Waals surface area contributed by atoms with Crippen LogP contribution >= 0.6 is 0 Å². The molecule has 3 aromatic rings. The van der Waals surface area contributed by atoms with Crippen LogP contribution in [-0.4, -0.2) is 52.1 Å². The number of aliphatic imine (C=N–C) groups is 1. The van der Waals surface area contributed by atoms with Gasteiger partial charge in [-0.15, -0.1) is 0 Å². The predicted molar refractivity (Wildman–Crippen MR) is 150 cm³/mol. The van der Waals surface area contributed by atoms with Gasteiger partial charge in [-0.2, -0.15) is 0 Å². The van der Waals surface area contributed by atoms with Crippen molar-refractivity contribution < 1.29 is 4.74 Å². The van der Waals surface area contributed by atoms with Gasteiger partial charge in [0.2, 0.25) is 0 Å². The minimum atomic E-state index is 0.307. The summed E-state index contributed by atoms with van der Waals surface area (Å²) in [5.74, 6) is 1.32. The van der Waals surface area contributed by atoms with Gasteiger partial charge >= 0.3 is 0 Å². The Labute approximate surface area is 209 Å². The molecule has 7 nitrogen and oxygen atoms in total. The van der Waals surface area contributed by atoms with Gasteiger partial charge in [0.05, 0.1) is 7.11 Å². The first-order valence-corrected chi connectivity index (χ1v) is 11.8. The number of likely N-dealkylation sites (N-methyl/N-ethyl adjacent to an activating group) is 2. The molecule has 0 aliphatic carbocycles. The number of nitrogen functional groups attached to an aromatic ring is 1. The van der Waals surface area contributed by atoms with Crippen molar-refractivity contribution in [1.82, 2.24) is 4.90 Å². The van der Waals surface area contributed by atoms with E-state index in [0.717, 1.165) is 30.2 Å². The van der Waals surface area contributed by atoms with Crippen molar-refractivity contribution in [2.24, 2.45) is 10.7 Å². The number of benzene rings is 3. The average molecular weight is 475 g/mol. The first-order valence-electron chi connectivity index (χ1n) is 11.8. The number of amidine groups is 1. The number of rotatable bonds is 10. The standard InChI is InChI=1S/C28H38N6O/c1-19(2)23-17-25(27(35-6)18-26(23)34(5)15-14-33(3)4)32-28(30)22-13-12-21(16-24(22)29)31-20-10-8-7-9-11-20/h7-13,16-19,31H,14-15,29H2,1-6H3,(H2,30,32). The van der Waals surface area contributed by atoms with Crippen LogP contribution in [0.15, 0.2) is 65.7 Å². The van der Waals surface area contributed by atoms with Gasteiger partial charge in [0.15, 0.2) is 0 Å². The number of nitrogens with two attached hydrogens (primary N) is 2. The maximum atomic E-state index is 6.44. The van der Waals surface area contributed by atoms with Gasteiger partial charge < -0.3 is 31.3 Å². The number of ether oxygens (including phenoxy) is 1.